The molecule has 204 valence electrons. The lowest BCUT2D eigenvalue weighted by Crippen LogP contribution is -2.41. The summed E-state index contributed by atoms with van der Waals surface area (Å²) in [6.45, 7) is 6.90. The largest absolute Gasteiger partial charge is 0.399 e. The van der Waals surface area contributed by atoms with E-state index < -0.39 is 29.6 Å². The Hall–Kier alpha value is -4.46. The molecule has 4 N–H and O–H groups in total. The highest BCUT2D eigenvalue weighted by atomic mass is 35.5. The average Bonchev–Trinajstić information content (AvgIpc) is 3.47. The Labute approximate surface area is 226 Å². The van der Waals surface area contributed by atoms with Gasteiger partial charge in [-0.05, 0) is 74.0 Å². The average molecular weight is 559 g/mol. The maximum Gasteiger partial charge on any atom is 0.298 e. The number of nitrogens with one attached hydrogen (secondary N) is 2. The molecule has 0 saturated heterocycles. The lowest BCUT2D eigenvalue weighted by molar-refractivity contribution is 0.0920. The van der Waals surface area contributed by atoms with Crippen LogP contribution >= 0.6 is 11.6 Å². The van der Waals surface area contributed by atoms with Gasteiger partial charge in [0.05, 0.1) is 28.5 Å². The number of carbonyl (C=O) groups excluding carboxylic acids is 2. The van der Waals surface area contributed by atoms with Crippen LogP contribution in [0.5, 0.6) is 0 Å². The van der Waals surface area contributed by atoms with Gasteiger partial charge in [0.15, 0.2) is 5.82 Å². The number of rotatable bonds is 7. The van der Waals surface area contributed by atoms with Crippen molar-refractivity contribution in [2.45, 2.75) is 46.2 Å². The molecule has 3 heterocycles. The first-order valence-electron chi connectivity index (χ1n) is 11.6. The molecule has 1 aromatic carbocycles. The Bertz CT molecular complexity index is 1540. The molecule has 0 aliphatic carbocycles. The molecule has 15 heteroatoms. The topological polar surface area (TPSA) is 159 Å². The van der Waals surface area contributed by atoms with Crippen molar-refractivity contribution in [1.82, 2.24) is 40.3 Å². The van der Waals surface area contributed by atoms with Gasteiger partial charge in [-0.2, -0.15) is 5.10 Å². The molecule has 0 bridgehead atoms. The van der Waals surface area contributed by atoms with E-state index >= 15 is 0 Å². The van der Waals surface area contributed by atoms with Crippen molar-refractivity contribution < 1.29 is 18.4 Å². The number of nitrogens with two attached hydrogens (primary N) is 1. The van der Waals surface area contributed by atoms with Crippen molar-refractivity contribution in [3.63, 3.8) is 0 Å². The summed E-state index contributed by atoms with van der Waals surface area (Å²) in [5.74, 6) is -1.63. The Morgan fingerprint density at radius 2 is 1.92 bits per heavy atom. The minimum atomic E-state index is -2.92. The summed E-state index contributed by atoms with van der Waals surface area (Å²) in [6, 6.07) is 7.61. The predicted octanol–water partition coefficient (Wildman–Crippen LogP) is 3.56. The van der Waals surface area contributed by atoms with Gasteiger partial charge >= 0.3 is 0 Å². The minimum Gasteiger partial charge on any atom is -0.399 e. The Morgan fingerprint density at radius 1 is 1.18 bits per heavy atom. The third-order valence-corrected chi connectivity index (χ3v) is 5.62. The zero-order chi connectivity index (χ0) is 28.5. The van der Waals surface area contributed by atoms with Gasteiger partial charge in [0.25, 0.3) is 18.2 Å². The van der Waals surface area contributed by atoms with Gasteiger partial charge in [-0.25, -0.2) is 23.1 Å². The smallest absolute Gasteiger partial charge is 0.298 e. The van der Waals surface area contributed by atoms with Gasteiger partial charge in [-0.15, -0.1) is 5.10 Å². The maximum atomic E-state index is 13.6. The number of halogens is 3. The lowest BCUT2D eigenvalue weighted by Gasteiger charge is -2.22. The number of aryl methyl sites for hydroxylation is 1. The van der Waals surface area contributed by atoms with Gasteiger partial charge in [-0.1, -0.05) is 11.6 Å². The minimum absolute atomic E-state index is 0.0318. The van der Waals surface area contributed by atoms with E-state index in [-0.39, 0.29) is 40.0 Å². The molecule has 0 atom stereocenters. The molecule has 0 unspecified atom stereocenters. The molecule has 0 aliphatic heterocycles. The summed E-state index contributed by atoms with van der Waals surface area (Å²) >= 11 is 6.33. The molecule has 0 aliphatic rings. The first-order chi connectivity index (χ1) is 18.3. The molecular formula is C24H25ClF2N10O2. The van der Waals surface area contributed by atoms with E-state index in [0.717, 1.165) is 4.68 Å². The molecular weight excluding hydrogens is 534 g/mol. The normalized spacial score (nSPS) is 11.6. The van der Waals surface area contributed by atoms with E-state index in [1.807, 2.05) is 20.8 Å². The predicted molar refractivity (Wildman–Crippen MR) is 139 cm³/mol. The van der Waals surface area contributed by atoms with Crippen LogP contribution in [0.15, 0.2) is 36.5 Å². The SMILES string of the molecule is Cc1cc(N)cc(C(=O)NC(C)(C)C)c1NC(=O)c1cc(Cn2nnnc2C(F)F)nn1-c1ncccc1Cl. The number of carbonyl (C=O) groups is 2. The lowest BCUT2D eigenvalue weighted by atomic mass is 10.0. The second-order valence-electron chi connectivity index (χ2n) is 9.66. The monoisotopic (exact) mass is 558 g/mol. The molecule has 3 aromatic heterocycles. The molecule has 0 spiro atoms. The van der Waals surface area contributed by atoms with Gasteiger partial charge in [-0.3, -0.25) is 9.59 Å². The summed E-state index contributed by atoms with van der Waals surface area (Å²) in [5, 5.41) is 20.4. The number of anilines is 2. The van der Waals surface area contributed by atoms with Crippen molar-refractivity contribution in [3.05, 3.63) is 69.9 Å². The van der Waals surface area contributed by atoms with Crippen LogP contribution < -0.4 is 16.4 Å². The number of pyridine rings is 1. The highest BCUT2D eigenvalue weighted by Gasteiger charge is 2.25. The molecule has 0 saturated carbocycles. The van der Waals surface area contributed by atoms with Gasteiger partial charge < -0.3 is 16.4 Å². The number of nitrogen functional groups attached to an aromatic ring is 1. The summed E-state index contributed by atoms with van der Waals surface area (Å²) < 4.78 is 28.6. The zero-order valence-electron chi connectivity index (χ0n) is 21.4. The Balaban J connectivity index is 1.76. The van der Waals surface area contributed by atoms with Crippen LogP contribution in [0, 0.1) is 6.92 Å². The molecule has 4 aromatic rings. The summed E-state index contributed by atoms with van der Waals surface area (Å²) in [5.41, 5.74) is 6.86. The highest BCUT2D eigenvalue weighted by Crippen LogP contribution is 2.27. The van der Waals surface area contributed by atoms with Crippen molar-refractivity contribution in [2.24, 2.45) is 0 Å². The van der Waals surface area contributed by atoms with E-state index in [0.29, 0.717) is 11.3 Å². The molecule has 0 fully saturated rings. The molecule has 0 radical (unpaired) electrons. The molecule has 2 amide bonds. The second kappa shape index (κ2) is 10.7. The number of alkyl halides is 2. The maximum absolute atomic E-state index is 13.6. The van der Waals surface area contributed by atoms with E-state index in [4.69, 9.17) is 17.3 Å². The number of aromatic nitrogens is 7. The van der Waals surface area contributed by atoms with Crippen LogP contribution in [-0.2, 0) is 6.54 Å². The number of amides is 2. The fourth-order valence-corrected chi connectivity index (χ4v) is 3.94. The fraction of sp³-hybridized carbons (Fsp3) is 0.292. The van der Waals surface area contributed by atoms with E-state index in [2.05, 4.69) is 36.2 Å². The van der Waals surface area contributed by atoms with Crippen molar-refractivity contribution >= 4 is 34.8 Å². The molecule has 4 rings (SSSR count). The summed E-state index contributed by atoms with van der Waals surface area (Å²) in [4.78, 5) is 30.9. The zero-order valence-corrected chi connectivity index (χ0v) is 22.2. The second-order valence-corrected chi connectivity index (χ2v) is 10.1. The van der Waals surface area contributed by atoms with Crippen LogP contribution in [0.4, 0.5) is 20.2 Å². The first kappa shape index (κ1) is 27.6. The van der Waals surface area contributed by atoms with Crippen LogP contribution in [0.25, 0.3) is 5.82 Å². The third-order valence-electron chi connectivity index (χ3n) is 5.33. The number of tetrazole rings is 1. The molecule has 39 heavy (non-hydrogen) atoms. The van der Waals surface area contributed by atoms with Crippen molar-refractivity contribution in [3.8, 4) is 5.82 Å². The van der Waals surface area contributed by atoms with Gasteiger partial charge in [0, 0.05) is 17.4 Å². The Morgan fingerprint density at radius 3 is 2.59 bits per heavy atom. The number of hydrogen-bond donors (Lipinski definition) is 3. The summed E-state index contributed by atoms with van der Waals surface area (Å²) in [7, 11) is 0. The summed E-state index contributed by atoms with van der Waals surface area (Å²) in [6.07, 6.45) is -1.46. The molecule has 12 nitrogen and oxygen atoms in total. The van der Waals surface area contributed by atoms with Crippen molar-refractivity contribution in [1.29, 1.82) is 0 Å². The number of hydrogen-bond acceptors (Lipinski definition) is 8. The van der Waals surface area contributed by atoms with E-state index in [1.165, 1.54) is 23.0 Å². The quantitative estimate of drug-likeness (QED) is 0.290. The van der Waals surface area contributed by atoms with E-state index in [9.17, 15) is 18.4 Å². The van der Waals surface area contributed by atoms with Crippen LogP contribution in [0.2, 0.25) is 5.02 Å². The van der Waals surface area contributed by atoms with Crippen molar-refractivity contribution in [2.75, 3.05) is 11.1 Å². The first-order valence-corrected chi connectivity index (χ1v) is 12.0. The standard InChI is InChI=1S/C24H25ClF2N10O2/c1-12-8-13(28)9-15(22(38)31-24(2,3)4)18(12)30-23(39)17-10-14(11-36-21(19(26)27)32-34-35-36)33-37(17)20-16(25)6-5-7-29-20/h5-10,19H,11,28H2,1-4H3,(H,30,39)(H,31,38). The van der Waals surface area contributed by atoms with E-state index in [1.54, 1.807) is 25.1 Å². The van der Waals surface area contributed by atoms with Crippen LogP contribution in [0.1, 0.15) is 65.1 Å². The Kier molecular flexibility index (Phi) is 7.58. The van der Waals surface area contributed by atoms with Crippen LogP contribution in [0.3, 0.4) is 0 Å². The highest BCUT2D eigenvalue weighted by molar-refractivity contribution is 6.32. The van der Waals surface area contributed by atoms with Gasteiger partial charge in [0.1, 0.15) is 5.69 Å². The van der Waals surface area contributed by atoms with Gasteiger partial charge in [0.2, 0.25) is 5.82 Å². The van der Waals surface area contributed by atoms with Crippen LogP contribution in [-0.4, -0.2) is 52.3 Å². The number of nitrogens with zero attached hydrogens (tertiary/aromatic N) is 7. The fourth-order valence-electron chi connectivity index (χ4n) is 3.74. The number of benzene rings is 1. The third kappa shape index (κ3) is 6.17.